The number of thiazole rings is 1. The van der Waals surface area contributed by atoms with Gasteiger partial charge < -0.3 is 34.9 Å². The number of aromatic nitrogens is 2. The molecule has 302 valence electrons. The number of carboxylic acids is 1. The molecule has 4 N–H and O–H groups in total. The molecule has 2 aromatic heterocycles. The number of ether oxygens (including phenoxy) is 3. The van der Waals surface area contributed by atoms with Crippen molar-refractivity contribution in [2.45, 2.75) is 117 Å². The van der Waals surface area contributed by atoms with Crippen LogP contribution >= 0.6 is 11.3 Å². The van der Waals surface area contributed by atoms with E-state index in [0.717, 1.165) is 18.4 Å². The minimum Gasteiger partial charge on any atom is -0.496 e. The Balaban J connectivity index is 1.34. The van der Waals surface area contributed by atoms with Gasteiger partial charge in [-0.1, -0.05) is 34.1 Å². The molecule has 1 saturated heterocycles. The normalized spacial score (nSPS) is 22.4. The van der Waals surface area contributed by atoms with Gasteiger partial charge in [0.2, 0.25) is 17.7 Å². The molecule has 56 heavy (non-hydrogen) atoms. The van der Waals surface area contributed by atoms with Gasteiger partial charge in [0.25, 0.3) is 0 Å². The van der Waals surface area contributed by atoms with E-state index in [4.69, 9.17) is 19.2 Å². The number of pyridine rings is 1. The highest BCUT2D eigenvalue weighted by atomic mass is 32.1. The molecule has 0 unspecified atom stereocenters. The fraction of sp³-hybridized carbons (Fsp3) is 0.575. The largest absolute Gasteiger partial charge is 0.496 e. The van der Waals surface area contributed by atoms with Gasteiger partial charge in [0.05, 0.1) is 31.0 Å². The number of carbonyl (C=O) groups excluding carboxylic acids is 4. The number of nitrogens with one attached hydrogen (secondary N) is 3. The van der Waals surface area contributed by atoms with Crippen molar-refractivity contribution in [3.63, 3.8) is 0 Å². The summed E-state index contributed by atoms with van der Waals surface area (Å²) in [5.41, 5.74) is 0.124. The fourth-order valence-corrected chi connectivity index (χ4v) is 8.07. The number of aryl methyl sites for hydroxylation is 1. The molecule has 3 heterocycles. The summed E-state index contributed by atoms with van der Waals surface area (Å²) in [5, 5.41) is 21.2. The lowest BCUT2D eigenvalue weighted by Gasteiger charge is -2.35. The SMILES string of the molecule is CC[C@@H]1C[C@]1(NC(=O)[C@@H]1C[C@@H](Oc2cc(-c3csc(NC(=O)OC(C)C)n3)nc3c(C)c(OC)ccc23)CN1C(=O)[C@@H](NC(=O)CC1CC1)C(C)(C)C)C(=O)O. The number of hydrogen-bond acceptors (Lipinski definition) is 11. The van der Waals surface area contributed by atoms with Crippen LogP contribution in [0.3, 0.4) is 0 Å². The number of benzene rings is 1. The van der Waals surface area contributed by atoms with Crippen molar-refractivity contribution in [3.8, 4) is 22.9 Å². The van der Waals surface area contributed by atoms with Crippen LogP contribution in [0.1, 0.15) is 85.6 Å². The molecule has 1 aliphatic heterocycles. The summed E-state index contributed by atoms with van der Waals surface area (Å²) in [6, 6.07) is 3.34. The van der Waals surface area contributed by atoms with Crippen LogP contribution in [0, 0.1) is 24.2 Å². The highest BCUT2D eigenvalue weighted by Gasteiger charge is 2.61. The number of aliphatic carboxylic acids is 1. The van der Waals surface area contributed by atoms with Crippen molar-refractivity contribution >= 4 is 57.2 Å². The molecule has 3 aliphatic rings. The van der Waals surface area contributed by atoms with Crippen molar-refractivity contribution in [2.24, 2.45) is 17.3 Å². The molecule has 2 saturated carbocycles. The molecule has 4 amide bonds. The second-order valence-corrected chi connectivity index (χ2v) is 17.3. The van der Waals surface area contributed by atoms with Crippen LogP contribution in [0.25, 0.3) is 22.3 Å². The van der Waals surface area contributed by atoms with Crippen LogP contribution in [0.4, 0.5) is 9.93 Å². The van der Waals surface area contributed by atoms with Gasteiger partial charge >= 0.3 is 12.1 Å². The summed E-state index contributed by atoms with van der Waals surface area (Å²) in [4.78, 5) is 77.4. The summed E-state index contributed by atoms with van der Waals surface area (Å²) >= 11 is 1.20. The number of hydrogen-bond donors (Lipinski definition) is 4. The Morgan fingerprint density at radius 1 is 1.09 bits per heavy atom. The van der Waals surface area contributed by atoms with E-state index in [9.17, 15) is 29.1 Å². The van der Waals surface area contributed by atoms with Crippen LogP contribution in [0.15, 0.2) is 23.6 Å². The molecule has 2 aliphatic carbocycles. The number of anilines is 1. The zero-order valence-corrected chi connectivity index (χ0v) is 34.0. The zero-order valence-electron chi connectivity index (χ0n) is 33.2. The third kappa shape index (κ3) is 8.69. The third-order valence-electron chi connectivity index (χ3n) is 10.7. The molecule has 6 rings (SSSR count). The summed E-state index contributed by atoms with van der Waals surface area (Å²) in [6.45, 7) is 12.8. The van der Waals surface area contributed by atoms with Crippen LogP contribution in [-0.2, 0) is 23.9 Å². The standard InChI is InChI=1S/C40H52N6O9S/c1-9-23-17-40(23,36(50)51)45-34(48)28-15-24(18-46(28)35(49)33(39(5,6)7)43-31(47)14-22-10-11-22)55-30-16-26(41-32-21(4)29(53-8)13-12-25(30)32)27-19-56-37(42-27)44-38(52)54-20(2)3/h12-13,16,19-20,22-24,28,33H,9-11,14-15,17-18H2,1-8H3,(H,43,47)(H,45,48)(H,50,51)(H,42,44,52)/t23-,24-,28+,33-,40-/m1/s1. The van der Waals surface area contributed by atoms with Crippen LogP contribution in [0.5, 0.6) is 11.5 Å². The van der Waals surface area contributed by atoms with Crippen LogP contribution in [0.2, 0.25) is 0 Å². The summed E-state index contributed by atoms with van der Waals surface area (Å²) in [7, 11) is 1.57. The number of carbonyl (C=O) groups is 5. The van der Waals surface area contributed by atoms with Gasteiger partial charge in [0, 0.05) is 35.2 Å². The van der Waals surface area contributed by atoms with Gasteiger partial charge in [0.15, 0.2) is 5.13 Å². The Hall–Kier alpha value is -4.99. The first-order valence-electron chi connectivity index (χ1n) is 19.2. The first-order chi connectivity index (χ1) is 26.4. The maximum absolute atomic E-state index is 14.6. The second kappa shape index (κ2) is 15.9. The summed E-state index contributed by atoms with van der Waals surface area (Å²) in [5.74, 6) is -1.26. The highest BCUT2D eigenvalue weighted by Crippen LogP contribution is 2.46. The topological polar surface area (TPSA) is 198 Å². The van der Waals surface area contributed by atoms with E-state index in [2.05, 4.69) is 20.9 Å². The van der Waals surface area contributed by atoms with Crippen LogP contribution in [-0.4, -0.2) is 93.2 Å². The number of methoxy groups -OCH3 is 1. The van der Waals surface area contributed by atoms with Gasteiger partial charge in [-0.15, -0.1) is 11.3 Å². The molecular formula is C40H52N6O9S. The smallest absolute Gasteiger partial charge is 0.413 e. The van der Waals surface area contributed by atoms with E-state index in [-0.39, 0.29) is 30.9 Å². The fourth-order valence-electron chi connectivity index (χ4n) is 7.38. The number of nitrogens with zero attached hydrogens (tertiary/aromatic N) is 3. The van der Waals surface area contributed by atoms with E-state index in [1.807, 2.05) is 40.7 Å². The molecule has 3 fully saturated rings. The van der Waals surface area contributed by atoms with Gasteiger partial charge in [-0.2, -0.15) is 0 Å². The Morgan fingerprint density at radius 3 is 2.43 bits per heavy atom. The summed E-state index contributed by atoms with van der Waals surface area (Å²) < 4.78 is 17.5. The Bertz CT molecular complexity index is 2020. The molecule has 15 nitrogen and oxygen atoms in total. The number of fused-ring (bicyclic) bond motifs is 1. The maximum atomic E-state index is 14.6. The van der Waals surface area contributed by atoms with Crippen LogP contribution < -0.4 is 25.4 Å². The predicted molar refractivity (Wildman–Crippen MR) is 210 cm³/mol. The molecule has 0 bridgehead atoms. The average molecular weight is 793 g/mol. The first kappa shape index (κ1) is 40.7. The molecule has 5 atom stereocenters. The van der Waals surface area contributed by atoms with E-state index in [1.165, 1.54) is 16.2 Å². The van der Waals surface area contributed by atoms with Gasteiger partial charge in [-0.05, 0) is 69.4 Å². The van der Waals surface area contributed by atoms with Crippen molar-refractivity contribution in [1.82, 2.24) is 25.5 Å². The summed E-state index contributed by atoms with van der Waals surface area (Å²) in [6.07, 6.45) is 1.57. The van der Waals surface area contributed by atoms with Gasteiger partial charge in [-0.3, -0.25) is 19.7 Å². The molecule has 16 heteroatoms. The van der Waals surface area contributed by atoms with Crippen molar-refractivity contribution in [3.05, 3.63) is 29.1 Å². The van der Waals surface area contributed by atoms with Crippen molar-refractivity contribution in [2.75, 3.05) is 19.0 Å². The highest BCUT2D eigenvalue weighted by molar-refractivity contribution is 7.14. The van der Waals surface area contributed by atoms with Crippen molar-refractivity contribution < 1.29 is 43.3 Å². The lowest BCUT2D eigenvalue weighted by atomic mass is 9.85. The molecule has 3 aromatic rings. The quantitative estimate of drug-likeness (QED) is 0.157. The zero-order chi connectivity index (χ0) is 40.7. The second-order valence-electron chi connectivity index (χ2n) is 16.5. The first-order valence-corrected chi connectivity index (χ1v) is 20.1. The van der Waals surface area contributed by atoms with Gasteiger partial charge in [0.1, 0.15) is 40.9 Å². The minimum absolute atomic E-state index is 0.00368. The number of rotatable bonds is 14. The lowest BCUT2D eigenvalue weighted by molar-refractivity contribution is -0.147. The molecule has 0 radical (unpaired) electrons. The maximum Gasteiger partial charge on any atom is 0.413 e. The molecule has 0 spiro atoms. The van der Waals surface area contributed by atoms with E-state index >= 15 is 0 Å². The monoisotopic (exact) mass is 792 g/mol. The molecule has 1 aromatic carbocycles. The lowest BCUT2D eigenvalue weighted by Crippen LogP contribution is -2.59. The Morgan fingerprint density at radius 2 is 1.82 bits per heavy atom. The molecular weight excluding hydrogens is 741 g/mol. The van der Waals surface area contributed by atoms with E-state index in [1.54, 1.807) is 38.5 Å². The number of amides is 4. The minimum atomic E-state index is -1.40. The number of likely N-dealkylation sites (tertiary alicyclic amines) is 1. The van der Waals surface area contributed by atoms with E-state index in [0.29, 0.717) is 64.1 Å². The third-order valence-corrected chi connectivity index (χ3v) is 11.5. The van der Waals surface area contributed by atoms with Crippen molar-refractivity contribution in [1.29, 1.82) is 0 Å². The Kier molecular flexibility index (Phi) is 11.5. The number of carboxylic acid groups (broad SMARTS) is 1. The van der Waals surface area contributed by atoms with Gasteiger partial charge in [-0.25, -0.2) is 19.6 Å². The Labute approximate surface area is 330 Å². The predicted octanol–water partition coefficient (Wildman–Crippen LogP) is 5.68. The average Bonchev–Trinajstić information content (AvgIpc) is 3.98. The van der Waals surface area contributed by atoms with E-state index < -0.39 is 53.0 Å².